The van der Waals surface area contributed by atoms with Crippen molar-refractivity contribution in [1.82, 2.24) is 0 Å². The first-order chi connectivity index (χ1) is 10.6. The third kappa shape index (κ3) is 2.47. The van der Waals surface area contributed by atoms with Gasteiger partial charge in [0.15, 0.2) is 0 Å². The first-order valence-corrected chi connectivity index (χ1v) is 6.99. The Morgan fingerprint density at radius 3 is 2.91 bits per heavy atom. The zero-order valence-corrected chi connectivity index (χ0v) is 12.2. The molecule has 3 rings (SSSR count). The first kappa shape index (κ1) is 14.3. The number of nitro groups is 1. The van der Waals surface area contributed by atoms with Gasteiger partial charge in [-0.2, -0.15) is 0 Å². The molecule has 114 valence electrons. The standard InChI is InChI=1S/C16H16N2O4/c1-11(6-7-14(17-2)18(19)20)22-13-5-3-4-12-15(13)16(8-9-16)10-21-12/h3-7H,2,8-10H2,1H3/b11-6+,14-7+. The minimum atomic E-state index is -0.593. The van der Waals surface area contributed by atoms with Gasteiger partial charge >= 0.3 is 5.82 Å². The first-order valence-electron chi connectivity index (χ1n) is 6.99. The van der Waals surface area contributed by atoms with Crippen LogP contribution in [0.3, 0.4) is 0 Å². The van der Waals surface area contributed by atoms with E-state index < -0.39 is 4.92 Å². The summed E-state index contributed by atoms with van der Waals surface area (Å²) in [6, 6.07) is 5.72. The van der Waals surface area contributed by atoms with Gasteiger partial charge in [-0.25, -0.2) is 0 Å². The molecule has 0 N–H and O–H groups in total. The highest BCUT2D eigenvalue weighted by molar-refractivity contribution is 5.55. The van der Waals surface area contributed by atoms with E-state index in [1.807, 2.05) is 18.2 Å². The zero-order valence-electron chi connectivity index (χ0n) is 12.2. The Morgan fingerprint density at radius 2 is 2.27 bits per heavy atom. The molecule has 0 amide bonds. The highest BCUT2D eigenvalue weighted by Crippen LogP contribution is 2.58. The molecule has 1 heterocycles. The second kappa shape index (κ2) is 5.29. The second-order valence-corrected chi connectivity index (χ2v) is 5.52. The van der Waals surface area contributed by atoms with Crippen molar-refractivity contribution in [2.75, 3.05) is 6.61 Å². The maximum absolute atomic E-state index is 10.7. The maximum Gasteiger partial charge on any atom is 0.362 e. The molecule has 1 aliphatic heterocycles. The predicted molar refractivity (Wildman–Crippen MR) is 81.9 cm³/mol. The summed E-state index contributed by atoms with van der Waals surface area (Å²) in [6.45, 7) is 5.62. The van der Waals surface area contributed by atoms with Crippen molar-refractivity contribution in [3.05, 3.63) is 57.6 Å². The lowest BCUT2D eigenvalue weighted by molar-refractivity contribution is -0.425. The van der Waals surface area contributed by atoms with E-state index in [4.69, 9.17) is 9.47 Å². The lowest BCUT2D eigenvalue weighted by Gasteiger charge is -2.12. The molecule has 6 heteroatoms. The van der Waals surface area contributed by atoms with E-state index in [0.717, 1.165) is 29.9 Å². The SMILES string of the molecule is C=N/C(=C\C=C(/C)Oc1cccc2c1C1(CC1)CO2)[N+](=O)[O-]. The molecule has 0 unspecified atom stereocenters. The van der Waals surface area contributed by atoms with Crippen LogP contribution in [-0.4, -0.2) is 18.2 Å². The number of hydrogen-bond acceptors (Lipinski definition) is 5. The number of aliphatic imine (C=N–C) groups is 1. The van der Waals surface area contributed by atoms with Crippen LogP contribution in [0.2, 0.25) is 0 Å². The quantitative estimate of drug-likeness (QED) is 0.275. The molecular formula is C16H16N2O4. The molecule has 0 bridgehead atoms. The topological polar surface area (TPSA) is 74.0 Å². The Balaban J connectivity index is 1.84. The van der Waals surface area contributed by atoms with E-state index >= 15 is 0 Å². The van der Waals surface area contributed by atoms with Crippen LogP contribution < -0.4 is 9.47 Å². The number of ether oxygens (including phenoxy) is 2. The number of rotatable bonds is 5. The van der Waals surface area contributed by atoms with E-state index in [9.17, 15) is 10.1 Å². The summed E-state index contributed by atoms with van der Waals surface area (Å²) in [5.74, 6) is 1.85. The van der Waals surface area contributed by atoms with E-state index in [1.165, 1.54) is 12.2 Å². The summed E-state index contributed by atoms with van der Waals surface area (Å²) in [6.07, 6.45) is 5.00. The highest BCUT2D eigenvalue weighted by atomic mass is 16.6. The lowest BCUT2D eigenvalue weighted by atomic mass is 9.97. The minimum absolute atomic E-state index is 0.108. The average molecular weight is 300 g/mol. The zero-order chi connectivity index (χ0) is 15.7. The van der Waals surface area contributed by atoms with Gasteiger partial charge in [0.2, 0.25) is 0 Å². The van der Waals surface area contributed by atoms with Crippen LogP contribution in [0.25, 0.3) is 0 Å². The summed E-state index contributed by atoms with van der Waals surface area (Å²) >= 11 is 0. The number of benzene rings is 1. The fourth-order valence-electron chi connectivity index (χ4n) is 2.64. The number of hydrogen-bond donors (Lipinski definition) is 0. The van der Waals surface area contributed by atoms with E-state index in [2.05, 4.69) is 11.7 Å². The van der Waals surface area contributed by atoms with Crippen LogP contribution in [0, 0.1) is 10.1 Å². The summed E-state index contributed by atoms with van der Waals surface area (Å²) in [5, 5.41) is 10.7. The van der Waals surface area contributed by atoms with Crippen LogP contribution in [0.5, 0.6) is 11.5 Å². The Morgan fingerprint density at radius 1 is 1.50 bits per heavy atom. The third-order valence-electron chi connectivity index (χ3n) is 3.96. The van der Waals surface area contributed by atoms with E-state index in [0.29, 0.717) is 12.4 Å². The molecule has 1 aromatic carbocycles. The summed E-state index contributed by atoms with van der Waals surface area (Å²) in [4.78, 5) is 13.4. The molecule has 22 heavy (non-hydrogen) atoms. The normalized spacial score (nSPS) is 18.6. The van der Waals surface area contributed by atoms with Gasteiger partial charge < -0.3 is 19.6 Å². The molecule has 2 aliphatic rings. The maximum atomic E-state index is 10.7. The molecule has 0 atom stereocenters. The summed E-state index contributed by atoms with van der Waals surface area (Å²) in [7, 11) is 0. The molecule has 0 radical (unpaired) electrons. The Hall–Kier alpha value is -2.63. The van der Waals surface area contributed by atoms with Gasteiger partial charge in [-0.15, -0.1) is 0 Å². The van der Waals surface area contributed by atoms with Gasteiger partial charge in [0.25, 0.3) is 0 Å². The molecule has 1 aliphatic carbocycles. The van der Waals surface area contributed by atoms with Gasteiger partial charge in [0.05, 0.1) is 6.61 Å². The van der Waals surface area contributed by atoms with Gasteiger partial charge in [-0.3, -0.25) is 0 Å². The van der Waals surface area contributed by atoms with Crippen molar-refractivity contribution in [3.63, 3.8) is 0 Å². The highest BCUT2D eigenvalue weighted by Gasteiger charge is 2.52. The van der Waals surface area contributed by atoms with Crippen LogP contribution in [0.1, 0.15) is 25.3 Å². The van der Waals surface area contributed by atoms with Gasteiger partial charge in [-0.05, 0) is 42.9 Å². The van der Waals surface area contributed by atoms with Crippen molar-refractivity contribution >= 4 is 6.72 Å². The number of fused-ring (bicyclic) bond motifs is 2. The van der Waals surface area contributed by atoms with Crippen molar-refractivity contribution in [2.45, 2.75) is 25.2 Å². The number of nitrogens with zero attached hydrogens (tertiary/aromatic N) is 2. The second-order valence-electron chi connectivity index (χ2n) is 5.52. The fraction of sp³-hybridized carbons (Fsp3) is 0.312. The fourth-order valence-corrected chi connectivity index (χ4v) is 2.64. The smallest absolute Gasteiger partial charge is 0.362 e. The van der Waals surface area contributed by atoms with Crippen molar-refractivity contribution in [3.8, 4) is 11.5 Å². The minimum Gasteiger partial charge on any atom is -0.492 e. The van der Waals surface area contributed by atoms with Crippen molar-refractivity contribution < 1.29 is 14.4 Å². The van der Waals surface area contributed by atoms with Gasteiger partial charge in [-0.1, -0.05) is 11.1 Å². The third-order valence-corrected chi connectivity index (χ3v) is 3.96. The van der Waals surface area contributed by atoms with Gasteiger partial charge in [0.1, 0.15) is 24.0 Å². The average Bonchev–Trinajstić information content (AvgIpc) is 3.16. The largest absolute Gasteiger partial charge is 0.492 e. The molecule has 1 aromatic rings. The Kier molecular flexibility index (Phi) is 3.44. The van der Waals surface area contributed by atoms with Crippen molar-refractivity contribution in [2.24, 2.45) is 4.99 Å². The Bertz CT molecular complexity index is 702. The summed E-state index contributed by atoms with van der Waals surface area (Å²) in [5.41, 5.74) is 1.22. The molecule has 1 spiro atoms. The molecule has 1 saturated carbocycles. The van der Waals surface area contributed by atoms with E-state index in [-0.39, 0.29) is 11.2 Å². The summed E-state index contributed by atoms with van der Waals surface area (Å²) < 4.78 is 11.6. The van der Waals surface area contributed by atoms with E-state index in [1.54, 1.807) is 6.92 Å². The Labute approximate surface area is 127 Å². The molecule has 0 aromatic heterocycles. The molecule has 0 saturated heterocycles. The molecule has 1 fully saturated rings. The predicted octanol–water partition coefficient (Wildman–Crippen LogP) is 3.21. The molecular weight excluding hydrogens is 284 g/mol. The van der Waals surface area contributed by atoms with Crippen LogP contribution in [-0.2, 0) is 5.41 Å². The van der Waals surface area contributed by atoms with Crippen LogP contribution in [0.4, 0.5) is 0 Å². The molecule has 6 nitrogen and oxygen atoms in total. The van der Waals surface area contributed by atoms with Crippen molar-refractivity contribution in [1.29, 1.82) is 0 Å². The monoisotopic (exact) mass is 300 g/mol. The van der Waals surface area contributed by atoms with Gasteiger partial charge in [0, 0.05) is 17.1 Å². The number of allylic oxidation sites excluding steroid dienone is 3. The van der Waals surface area contributed by atoms with Crippen LogP contribution >= 0.6 is 0 Å². The lowest BCUT2D eigenvalue weighted by Crippen LogP contribution is -2.08. The van der Waals surface area contributed by atoms with Crippen LogP contribution in [0.15, 0.2) is 46.9 Å².